The summed E-state index contributed by atoms with van der Waals surface area (Å²) in [6.07, 6.45) is 14.1. The van der Waals surface area contributed by atoms with Crippen molar-refractivity contribution in [3.63, 3.8) is 0 Å². The lowest BCUT2D eigenvalue weighted by atomic mass is 9.86. The lowest BCUT2D eigenvalue weighted by Gasteiger charge is -2.20. The molecule has 12 heteroatoms. The maximum absolute atomic E-state index is 14.3. The monoisotopic (exact) mass is 1220 g/mol. The van der Waals surface area contributed by atoms with Gasteiger partial charge in [-0.25, -0.2) is 0 Å². The largest absolute Gasteiger partial charge is 0.507 e. The van der Waals surface area contributed by atoms with Crippen LogP contribution in [-0.4, -0.2) is 65.3 Å². The third-order valence-corrected chi connectivity index (χ3v) is 17.9. The van der Waals surface area contributed by atoms with Gasteiger partial charge in [0.1, 0.15) is 34.5 Å². The smallest absolute Gasteiger partial charge is 0.162 e. The number of phenolic OH excluding ortho intramolecular Hbond substituents is 6. The second-order valence-corrected chi connectivity index (χ2v) is 25.2. The third kappa shape index (κ3) is 18.2. The Bertz CT molecular complexity index is 2820. The molecule has 6 aromatic carbocycles. The number of carbonyl (C=O) groups is 6. The highest BCUT2D eigenvalue weighted by Gasteiger charge is 2.27. The fourth-order valence-corrected chi connectivity index (χ4v) is 12.5. The molecule has 0 heterocycles. The summed E-state index contributed by atoms with van der Waals surface area (Å²) in [4.78, 5) is 85.7. The van der Waals surface area contributed by atoms with Crippen molar-refractivity contribution in [1.29, 1.82) is 0 Å². The molecule has 0 saturated heterocycles. The highest BCUT2D eigenvalue weighted by molar-refractivity contribution is 6.00. The van der Waals surface area contributed by atoms with Crippen molar-refractivity contribution in [1.82, 2.24) is 0 Å². The Labute approximate surface area is 533 Å². The van der Waals surface area contributed by atoms with E-state index in [2.05, 4.69) is 0 Å². The zero-order valence-electron chi connectivity index (χ0n) is 54.3. The van der Waals surface area contributed by atoms with Crippen molar-refractivity contribution in [3.05, 3.63) is 173 Å². The van der Waals surface area contributed by atoms with Gasteiger partial charge < -0.3 is 30.6 Å². The van der Waals surface area contributed by atoms with Crippen LogP contribution in [0.1, 0.15) is 325 Å². The van der Waals surface area contributed by atoms with Gasteiger partial charge in [-0.15, -0.1) is 0 Å². The molecule has 1 aliphatic rings. The van der Waals surface area contributed by atoms with Crippen LogP contribution in [0.15, 0.2) is 72.8 Å². The lowest BCUT2D eigenvalue weighted by molar-refractivity contribution is 0.0971. The minimum atomic E-state index is -0.235. The number of benzene rings is 6. The maximum atomic E-state index is 14.3. The molecule has 7 rings (SSSR count). The molecule has 0 fully saturated rings. The molecule has 0 amide bonds. The summed E-state index contributed by atoms with van der Waals surface area (Å²) in [7, 11) is 0. The molecule has 1 aliphatic carbocycles. The summed E-state index contributed by atoms with van der Waals surface area (Å²) in [6, 6.07) is 19.2. The highest BCUT2D eigenvalue weighted by Crippen LogP contribution is 2.42. The van der Waals surface area contributed by atoms with Crippen LogP contribution in [0.5, 0.6) is 34.5 Å². The molecule has 0 unspecified atom stereocenters. The van der Waals surface area contributed by atoms with Crippen molar-refractivity contribution < 1.29 is 59.4 Å². The normalized spacial score (nSPS) is 12.3. The molecule has 0 saturated carbocycles. The Balaban J connectivity index is 1.57. The Hall–Kier alpha value is -7.86. The van der Waals surface area contributed by atoms with Crippen LogP contribution >= 0.6 is 0 Å². The summed E-state index contributed by atoms with van der Waals surface area (Å²) < 4.78 is 0. The second kappa shape index (κ2) is 33.8. The van der Waals surface area contributed by atoms with Crippen LogP contribution in [0.2, 0.25) is 0 Å². The predicted octanol–water partition coefficient (Wildman–Crippen LogP) is 18.4. The van der Waals surface area contributed by atoms with Crippen LogP contribution in [0.3, 0.4) is 0 Å². The van der Waals surface area contributed by atoms with E-state index in [1.807, 2.05) is 41.5 Å². The molecule has 90 heavy (non-hydrogen) atoms. The number of Topliss-reactive ketones (excluding diaryl/α,β-unsaturated/α-hetero) is 6. The molecule has 0 atom stereocenters. The third-order valence-electron chi connectivity index (χ3n) is 17.9. The van der Waals surface area contributed by atoms with Gasteiger partial charge in [0.25, 0.3) is 0 Å². The predicted molar refractivity (Wildman–Crippen MR) is 356 cm³/mol. The number of hydrogen-bond donors (Lipinski definition) is 6. The van der Waals surface area contributed by atoms with E-state index >= 15 is 0 Å². The Morgan fingerprint density at radius 3 is 0.433 bits per heavy atom. The number of rotatable bonds is 30. The minimum absolute atomic E-state index is 0.172. The topological polar surface area (TPSA) is 224 Å². The number of fused-ring (bicyclic) bond motifs is 12. The van der Waals surface area contributed by atoms with Crippen LogP contribution in [0, 0.1) is 0 Å². The molecule has 12 nitrogen and oxygen atoms in total. The van der Waals surface area contributed by atoms with E-state index in [4.69, 9.17) is 0 Å². The molecule has 12 bridgehead atoms. The first-order valence-electron chi connectivity index (χ1n) is 33.6. The van der Waals surface area contributed by atoms with E-state index in [9.17, 15) is 59.4 Å². The van der Waals surface area contributed by atoms with Crippen LogP contribution in [0.25, 0.3) is 0 Å². The van der Waals surface area contributed by atoms with Gasteiger partial charge in [0.2, 0.25) is 0 Å². The van der Waals surface area contributed by atoms with E-state index < -0.39 is 0 Å². The minimum Gasteiger partial charge on any atom is -0.507 e. The Morgan fingerprint density at radius 2 is 0.333 bits per heavy atom. The SMILES string of the molecule is CCCCCC(=O)c1cc2c(O)c(c1)Cc1cc(C(=O)CCCCC)cc(c1O)Cc1cc(C(=O)CCCCC)cc(c1O)Cc1cc(C(=O)CCCCC)cc(c1O)Cc1cc(C(=O)CCCCC)cc(c1O)Cc1cc(C(=O)CCCCC)cc(c1O)C2. The first-order valence-corrected chi connectivity index (χ1v) is 33.6. The summed E-state index contributed by atoms with van der Waals surface area (Å²) in [5.41, 5.74) is 4.68. The molecular weight excluding hydrogens is 1130 g/mol. The van der Waals surface area contributed by atoms with Crippen LogP contribution in [-0.2, 0) is 38.5 Å². The van der Waals surface area contributed by atoms with Crippen molar-refractivity contribution in [2.24, 2.45) is 0 Å². The van der Waals surface area contributed by atoms with Gasteiger partial charge in [0.15, 0.2) is 34.7 Å². The average molecular weight is 1230 g/mol. The molecule has 0 aliphatic heterocycles. The van der Waals surface area contributed by atoms with E-state index in [1.165, 1.54) is 0 Å². The number of aromatic hydroxyl groups is 6. The summed E-state index contributed by atoms with van der Waals surface area (Å²) in [6.45, 7) is 12.3. The van der Waals surface area contributed by atoms with Gasteiger partial charge in [-0.2, -0.15) is 0 Å². The van der Waals surface area contributed by atoms with E-state index in [0.717, 1.165) is 77.0 Å². The number of ketones is 6. The molecule has 480 valence electrons. The quantitative estimate of drug-likeness (QED) is 0.0183. The molecule has 0 aromatic heterocycles. The zero-order chi connectivity index (χ0) is 65.0. The maximum Gasteiger partial charge on any atom is 0.162 e. The van der Waals surface area contributed by atoms with Gasteiger partial charge in [0.05, 0.1) is 0 Å². The van der Waals surface area contributed by atoms with E-state index in [-0.39, 0.29) is 246 Å². The summed E-state index contributed by atoms with van der Waals surface area (Å²) in [5, 5.41) is 75.6. The fraction of sp³-hybridized carbons (Fsp3) is 0.462. The molecule has 6 aromatic rings. The Kier molecular flexibility index (Phi) is 26.2. The fourth-order valence-electron chi connectivity index (χ4n) is 12.5. The number of phenols is 6. The molecule has 6 N–H and O–H groups in total. The molecular formula is C78H96O12. The van der Waals surface area contributed by atoms with Gasteiger partial charge in [-0.1, -0.05) is 119 Å². The molecule has 0 radical (unpaired) electrons. The number of carbonyl (C=O) groups excluding carboxylic acids is 6. The first kappa shape index (κ1) is 69.6. The lowest BCUT2D eigenvalue weighted by Crippen LogP contribution is -2.08. The van der Waals surface area contributed by atoms with Crippen LogP contribution < -0.4 is 0 Å². The first-order chi connectivity index (χ1) is 43.3. The van der Waals surface area contributed by atoms with Gasteiger partial charge in [-0.05, 0) is 178 Å². The number of unbranched alkanes of at least 4 members (excludes halogenated alkanes) is 12. The van der Waals surface area contributed by atoms with Crippen LogP contribution in [0.4, 0.5) is 0 Å². The van der Waals surface area contributed by atoms with Crippen molar-refractivity contribution in [3.8, 4) is 34.5 Å². The zero-order valence-corrected chi connectivity index (χ0v) is 54.3. The summed E-state index contributed by atoms with van der Waals surface area (Å²) >= 11 is 0. The van der Waals surface area contributed by atoms with Crippen molar-refractivity contribution in [2.45, 2.75) is 234 Å². The standard InChI is InChI=1S/C78H96O12/c1-7-13-19-25-67(79)49-31-55-43-57-33-50(68(80)26-20-14-8-2)35-59(74(57)86)45-61-37-52(70(82)28-22-16-10-4)39-63(76(61)88)47-65-41-54(72(84)30-24-18-12-6)42-66(78(65)90)48-64-40-53(71(83)29-23-17-11-5)38-62(77(64)89)46-60-36-51(69(81)27-21-15-9-3)34-58(75(60)87)44-56(32-49)73(55)85/h31-42,85-90H,7-30,43-48H2,1-6H3. The second-order valence-electron chi connectivity index (χ2n) is 25.2. The molecule has 0 spiro atoms. The van der Waals surface area contributed by atoms with Crippen molar-refractivity contribution >= 4 is 34.7 Å². The Morgan fingerprint density at radius 1 is 0.222 bits per heavy atom. The summed E-state index contributed by atoms with van der Waals surface area (Å²) in [5.74, 6) is -2.53. The van der Waals surface area contributed by atoms with Gasteiger partial charge in [-0.3, -0.25) is 28.8 Å². The van der Waals surface area contributed by atoms with E-state index in [0.29, 0.717) is 38.5 Å². The average Bonchev–Trinajstić information content (AvgIpc) is 1.08. The van der Waals surface area contributed by atoms with Gasteiger partial charge >= 0.3 is 0 Å². The van der Waals surface area contributed by atoms with Crippen molar-refractivity contribution in [2.75, 3.05) is 0 Å². The van der Waals surface area contributed by atoms with Gasteiger partial charge in [0, 0.05) is 110 Å². The highest BCUT2D eigenvalue weighted by atomic mass is 16.3. The van der Waals surface area contributed by atoms with E-state index in [1.54, 1.807) is 72.8 Å². The number of hydrogen-bond acceptors (Lipinski definition) is 12.